The summed E-state index contributed by atoms with van der Waals surface area (Å²) in [7, 11) is 1.65. The topological polar surface area (TPSA) is 70.9 Å². The molecule has 0 heterocycles. The molecule has 0 bridgehead atoms. The Morgan fingerprint density at radius 2 is 1.60 bits per heavy atom. The molecule has 5 nitrogen and oxygen atoms in total. The molecule has 3 aromatic rings. The van der Waals surface area contributed by atoms with Crippen LogP contribution in [0.3, 0.4) is 0 Å². The van der Waals surface area contributed by atoms with Crippen molar-refractivity contribution >= 4 is 28.1 Å². The number of hydrogen-bond acceptors (Lipinski definition) is 4. The van der Waals surface area contributed by atoms with E-state index in [9.17, 15) is 4.79 Å². The van der Waals surface area contributed by atoms with Gasteiger partial charge in [-0.05, 0) is 65.7 Å². The van der Waals surface area contributed by atoms with Crippen molar-refractivity contribution in [2.75, 3.05) is 12.5 Å². The van der Waals surface area contributed by atoms with Gasteiger partial charge in [-0.1, -0.05) is 18.2 Å². The van der Waals surface area contributed by atoms with E-state index in [0.29, 0.717) is 0 Å². The summed E-state index contributed by atoms with van der Waals surface area (Å²) in [6.07, 6.45) is 0. The summed E-state index contributed by atoms with van der Waals surface area (Å²) in [6.45, 7) is 1.92. The van der Waals surface area contributed by atoms with Gasteiger partial charge in [-0.2, -0.15) is 5.10 Å². The maximum absolute atomic E-state index is 10.9. The smallest absolute Gasteiger partial charge is 0.335 e. The molecule has 3 rings (SSSR count). The molecule has 0 aromatic heterocycles. The van der Waals surface area contributed by atoms with E-state index >= 15 is 0 Å². The third kappa shape index (κ3) is 3.77. The number of nitrogens with zero attached hydrogens (tertiary/aromatic N) is 1. The molecule has 0 atom stereocenters. The number of benzene rings is 3. The Balaban J connectivity index is 1.79. The minimum atomic E-state index is -0.945. The first-order valence-electron chi connectivity index (χ1n) is 7.78. The lowest BCUT2D eigenvalue weighted by Gasteiger charge is -2.07. The van der Waals surface area contributed by atoms with E-state index in [1.54, 1.807) is 31.4 Å². The van der Waals surface area contributed by atoms with Crippen molar-refractivity contribution in [3.8, 4) is 5.75 Å². The van der Waals surface area contributed by atoms with Gasteiger partial charge in [-0.3, -0.25) is 5.43 Å². The number of carbonyl (C=O) groups is 1. The lowest BCUT2D eigenvalue weighted by Crippen LogP contribution is -2.00. The molecule has 0 aliphatic rings. The van der Waals surface area contributed by atoms with Gasteiger partial charge < -0.3 is 9.84 Å². The van der Waals surface area contributed by atoms with Crippen molar-refractivity contribution < 1.29 is 14.6 Å². The molecule has 0 unspecified atom stereocenters. The molecule has 0 saturated carbocycles. The fourth-order valence-electron chi connectivity index (χ4n) is 2.48. The molecule has 0 aliphatic heterocycles. The van der Waals surface area contributed by atoms with E-state index < -0.39 is 5.97 Å². The van der Waals surface area contributed by atoms with E-state index in [1.807, 2.05) is 37.3 Å². The van der Waals surface area contributed by atoms with Crippen molar-refractivity contribution in [3.05, 3.63) is 71.8 Å². The first-order valence-corrected chi connectivity index (χ1v) is 7.78. The molecule has 0 amide bonds. The zero-order chi connectivity index (χ0) is 17.8. The van der Waals surface area contributed by atoms with Gasteiger partial charge in [0.05, 0.1) is 24.1 Å². The number of ether oxygens (including phenoxy) is 1. The second kappa shape index (κ2) is 7.05. The molecule has 0 saturated heterocycles. The fourth-order valence-corrected chi connectivity index (χ4v) is 2.48. The van der Waals surface area contributed by atoms with E-state index in [2.05, 4.69) is 16.6 Å². The minimum Gasteiger partial charge on any atom is -0.497 e. The molecule has 3 aromatic carbocycles. The summed E-state index contributed by atoms with van der Waals surface area (Å²) in [6, 6.07) is 18.5. The highest BCUT2D eigenvalue weighted by Gasteiger charge is 2.03. The normalized spacial score (nSPS) is 11.4. The van der Waals surface area contributed by atoms with Gasteiger partial charge in [0, 0.05) is 0 Å². The Morgan fingerprint density at radius 1 is 0.960 bits per heavy atom. The molecule has 2 N–H and O–H groups in total. The summed E-state index contributed by atoms with van der Waals surface area (Å²) in [5, 5.41) is 15.5. The van der Waals surface area contributed by atoms with Crippen LogP contribution in [-0.4, -0.2) is 23.9 Å². The number of anilines is 1. The number of carboxylic acids is 1. The highest BCUT2D eigenvalue weighted by molar-refractivity contribution is 6.02. The van der Waals surface area contributed by atoms with Gasteiger partial charge in [0.25, 0.3) is 0 Å². The van der Waals surface area contributed by atoms with Gasteiger partial charge in [0.2, 0.25) is 0 Å². The van der Waals surface area contributed by atoms with Crippen LogP contribution in [0.25, 0.3) is 10.8 Å². The zero-order valence-corrected chi connectivity index (χ0v) is 14.0. The Labute approximate surface area is 145 Å². The highest BCUT2D eigenvalue weighted by Crippen LogP contribution is 2.22. The average Bonchev–Trinajstić information content (AvgIpc) is 2.65. The number of hydrazone groups is 1. The van der Waals surface area contributed by atoms with E-state index in [-0.39, 0.29) is 5.56 Å². The maximum Gasteiger partial charge on any atom is 0.335 e. The standard InChI is InChI=1S/C20H18N2O3/c1-13(21-22-18-8-5-14(6-9-18)20(23)24)15-3-4-17-12-19(25-2)10-7-16(17)11-15/h3-12,22H,1-2H3,(H,23,24)/b21-13+. The van der Waals surface area contributed by atoms with Crippen molar-refractivity contribution in [2.45, 2.75) is 6.92 Å². The first kappa shape index (κ1) is 16.5. The van der Waals surface area contributed by atoms with Crippen molar-refractivity contribution in [1.29, 1.82) is 0 Å². The number of methoxy groups -OCH3 is 1. The highest BCUT2D eigenvalue weighted by atomic mass is 16.5. The number of fused-ring (bicyclic) bond motifs is 1. The van der Waals surface area contributed by atoms with Crippen LogP contribution in [-0.2, 0) is 0 Å². The number of rotatable bonds is 5. The summed E-state index contributed by atoms with van der Waals surface area (Å²) in [4.78, 5) is 10.9. The Morgan fingerprint density at radius 3 is 2.28 bits per heavy atom. The van der Waals surface area contributed by atoms with Gasteiger partial charge in [-0.15, -0.1) is 0 Å². The Kier molecular flexibility index (Phi) is 4.66. The van der Waals surface area contributed by atoms with Crippen LogP contribution >= 0.6 is 0 Å². The van der Waals surface area contributed by atoms with Gasteiger partial charge in [0.15, 0.2) is 0 Å². The predicted molar refractivity (Wildman–Crippen MR) is 99.7 cm³/mol. The quantitative estimate of drug-likeness (QED) is 0.536. The minimum absolute atomic E-state index is 0.246. The average molecular weight is 334 g/mol. The van der Waals surface area contributed by atoms with Gasteiger partial charge in [0.1, 0.15) is 5.75 Å². The number of hydrogen-bond donors (Lipinski definition) is 2. The molecule has 0 spiro atoms. The summed E-state index contributed by atoms with van der Waals surface area (Å²) in [5.74, 6) is -0.115. The second-order valence-electron chi connectivity index (χ2n) is 5.62. The Hall–Kier alpha value is -3.34. The third-order valence-corrected chi connectivity index (χ3v) is 3.95. The third-order valence-electron chi connectivity index (χ3n) is 3.95. The maximum atomic E-state index is 10.9. The molecular formula is C20H18N2O3. The number of carboxylic acid groups (broad SMARTS) is 1. The Bertz CT molecular complexity index is 947. The van der Waals surface area contributed by atoms with Crippen molar-refractivity contribution in [1.82, 2.24) is 0 Å². The lowest BCUT2D eigenvalue weighted by molar-refractivity contribution is 0.0697. The largest absolute Gasteiger partial charge is 0.497 e. The van der Waals surface area contributed by atoms with Crippen molar-refractivity contribution in [2.24, 2.45) is 5.10 Å². The van der Waals surface area contributed by atoms with Gasteiger partial charge in [-0.25, -0.2) is 4.79 Å². The zero-order valence-electron chi connectivity index (χ0n) is 14.0. The first-order chi connectivity index (χ1) is 12.1. The molecule has 0 radical (unpaired) electrons. The SMILES string of the molecule is COc1ccc2cc(/C(C)=N/Nc3ccc(C(=O)O)cc3)ccc2c1. The molecule has 25 heavy (non-hydrogen) atoms. The monoisotopic (exact) mass is 334 g/mol. The molecule has 0 aliphatic carbocycles. The molecule has 5 heteroatoms. The van der Waals surface area contributed by atoms with Crippen LogP contribution in [0.1, 0.15) is 22.8 Å². The van der Waals surface area contributed by atoms with Crippen LogP contribution in [0.5, 0.6) is 5.75 Å². The summed E-state index contributed by atoms with van der Waals surface area (Å²) in [5.41, 5.74) is 5.77. The predicted octanol–water partition coefficient (Wildman–Crippen LogP) is 4.38. The lowest BCUT2D eigenvalue weighted by atomic mass is 10.0. The van der Waals surface area contributed by atoms with Crippen LogP contribution in [0.4, 0.5) is 5.69 Å². The summed E-state index contributed by atoms with van der Waals surface area (Å²) < 4.78 is 5.24. The van der Waals surface area contributed by atoms with Gasteiger partial charge >= 0.3 is 5.97 Å². The van der Waals surface area contributed by atoms with E-state index in [4.69, 9.17) is 9.84 Å². The van der Waals surface area contributed by atoms with E-state index in [1.165, 1.54) is 0 Å². The van der Waals surface area contributed by atoms with Crippen LogP contribution in [0.15, 0.2) is 65.8 Å². The fraction of sp³-hybridized carbons (Fsp3) is 0.100. The van der Waals surface area contributed by atoms with Crippen molar-refractivity contribution in [3.63, 3.8) is 0 Å². The molecule has 126 valence electrons. The second-order valence-corrected chi connectivity index (χ2v) is 5.62. The van der Waals surface area contributed by atoms with Crippen LogP contribution in [0.2, 0.25) is 0 Å². The number of nitrogens with one attached hydrogen (secondary N) is 1. The van der Waals surface area contributed by atoms with Crippen LogP contribution in [0, 0.1) is 0 Å². The molecular weight excluding hydrogens is 316 g/mol. The van der Waals surface area contributed by atoms with Crippen LogP contribution < -0.4 is 10.2 Å². The summed E-state index contributed by atoms with van der Waals surface area (Å²) >= 11 is 0. The number of aromatic carboxylic acids is 1. The molecule has 0 fully saturated rings. The van der Waals surface area contributed by atoms with E-state index in [0.717, 1.165) is 33.5 Å².